The van der Waals surface area contributed by atoms with Gasteiger partial charge in [0.2, 0.25) is 0 Å². The Morgan fingerprint density at radius 3 is 1.68 bits per heavy atom. The number of benzene rings is 8. The van der Waals surface area contributed by atoms with Crippen molar-refractivity contribution in [3.63, 3.8) is 0 Å². The highest BCUT2D eigenvalue weighted by Gasteiger charge is 2.19. The molecular formula is C40H24O. The lowest BCUT2D eigenvalue weighted by molar-refractivity contribution is 0.669. The van der Waals surface area contributed by atoms with Gasteiger partial charge in [0.05, 0.1) is 6.85 Å². The van der Waals surface area contributed by atoms with Gasteiger partial charge in [-0.2, -0.15) is 0 Å². The first-order valence-electron chi connectivity index (χ1n) is 16.2. The van der Waals surface area contributed by atoms with Crippen molar-refractivity contribution in [1.82, 2.24) is 0 Å². The number of hydrogen-bond donors (Lipinski definition) is 0. The van der Waals surface area contributed by atoms with Gasteiger partial charge in [-0.1, -0.05) is 133 Å². The summed E-state index contributed by atoms with van der Waals surface area (Å²) in [4.78, 5) is 0. The van der Waals surface area contributed by atoms with Crippen LogP contribution < -0.4 is 0 Å². The maximum Gasteiger partial charge on any atom is 0.136 e. The van der Waals surface area contributed by atoms with E-state index in [2.05, 4.69) is 66.7 Å². The number of fused-ring (bicyclic) bond motifs is 3. The Kier molecular flexibility index (Phi) is 3.76. The molecule has 0 bridgehead atoms. The zero-order valence-electron chi connectivity index (χ0n) is 26.9. The third kappa shape index (κ3) is 3.24. The van der Waals surface area contributed by atoms with Gasteiger partial charge in [0.15, 0.2) is 0 Å². The molecule has 0 atom stereocenters. The summed E-state index contributed by atoms with van der Waals surface area (Å²) in [5.74, 6) is 0. The van der Waals surface area contributed by atoms with Crippen molar-refractivity contribution in [2.45, 2.75) is 0 Å². The number of rotatable bonds is 3. The van der Waals surface area contributed by atoms with Crippen molar-refractivity contribution in [3.05, 3.63) is 145 Å². The zero-order valence-corrected chi connectivity index (χ0v) is 21.9. The van der Waals surface area contributed by atoms with Crippen molar-refractivity contribution in [2.75, 3.05) is 0 Å². The molecule has 0 amide bonds. The van der Waals surface area contributed by atoms with Crippen LogP contribution in [-0.2, 0) is 0 Å². The predicted octanol–water partition coefficient (Wildman–Crippen LogP) is 11.5. The minimum Gasteiger partial charge on any atom is -0.456 e. The Morgan fingerprint density at radius 1 is 0.390 bits per heavy atom. The van der Waals surface area contributed by atoms with Gasteiger partial charge in [-0.15, -0.1) is 0 Å². The first kappa shape index (κ1) is 18.0. The lowest BCUT2D eigenvalue weighted by atomic mass is 9.86. The predicted molar refractivity (Wildman–Crippen MR) is 174 cm³/mol. The van der Waals surface area contributed by atoms with E-state index in [1.165, 1.54) is 0 Å². The summed E-state index contributed by atoms with van der Waals surface area (Å²) in [5, 5.41) is 8.26. The highest BCUT2D eigenvalue weighted by atomic mass is 16.3. The molecular weight excluding hydrogens is 496 g/mol. The largest absolute Gasteiger partial charge is 0.456 e. The Labute approximate surface area is 244 Å². The molecule has 9 aromatic rings. The molecule has 9 rings (SSSR count). The Hall–Kier alpha value is -5.40. The van der Waals surface area contributed by atoms with Gasteiger partial charge in [0.1, 0.15) is 11.2 Å². The van der Waals surface area contributed by atoms with Crippen molar-refractivity contribution in [1.29, 1.82) is 0 Å². The Bertz CT molecular complexity index is 2660. The molecule has 1 nitrogen and oxygen atoms in total. The van der Waals surface area contributed by atoms with Gasteiger partial charge in [-0.25, -0.2) is 0 Å². The van der Waals surface area contributed by atoms with E-state index >= 15 is 0 Å². The molecule has 0 saturated carbocycles. The summed E-state index contributed by atoms with van der Waals surface area (Å²) in [6.45, 7) is 0. The molecule has 8 aromatic carbocycles. The van der Waals surface area contributed by atoms with Crippen LogP contribution in [0.2, 0.25) is 0 Å². The van der Waals surface area contributed by atoms with Crippen LogP contribution in [0, 0.1) is 0 Å². The fourth-order valence-corrected chi connectivity index (χ4v) is 6.59. The second kappa shape index (κ2) is 8.55. The summed E-state index contributed by atoms with van der Waals surface area (Å²) in [6, 6.07) is 37.9. The minimum atomic E-state index is -0.391. The molecule has 0 spiro atoms. The van der Waals surface area contributed by atoms with Crippen LogP contribution in [0.25, 0.3) is 87.6 Å². The van der Waals surface area contributed by atoms with Gasteiger partial charge in [0.25, 0.3) is 0 Å². The van der Waals surface area contributed by atoms with Crippen molar-refractivity contribution in [2.24, 2.45) is 0 Å². The summed E-state index contributed by atoms with van der Waals surface area (Å²) in [6.07, 6.45) is 0. The van der Waals surface area contributed by atoms with Gasteiger partial charge < -0.3 is 4.42 Å². The number of hydrogen-bond acceptors (Lipinski definition) is 1. The normalized spacial score (nSPS) is 13.6. The van der Waals surface area contributed by atoms with E-state index in [0.717, 1.165) is 76.5 Å². The second-order valence-corrected chi connectivity index (χ2v) is 10.5. The van der Waals surface area contributed by atoms with Crippen LogP contribution in [0.15, 0.2) is 150 Å². The van der Waals surface area contributed by atoms with E-state index < -0.39 is 6.04 Å². The Morgan fingerprint density at radius 2 is 0.976 bits per heavy atom. The first-order valence-corrected chi connectivity index (χ1v) is 13.7. The summed E-state index contributed by atoms with van der Waals surface area (Å²) >= 11 is 0. The van der Waals surface area contributed by atoms with Crippen molar-refractivity contribution >= 4 is 54.3 Å². The molecule has 0 unspecified atom stereocenters. The minimum absolute atomic E-state index is 0.200. The van der Waals surface area contributed by atoms with Gasteiger partial charge in [-0.05, 0) is 77.8 Å². The topological polar surface area (TPSA) is 13.1 Å². The van der Waals surface area contributed by atoms with Crippen LogP contribution in [-0.4, -0.2) is 0 Å². The van der Waals surface area contributed by atoms with E-state index in [4.69, 9.17) is 11.3 Å². The van der Waals surface area contributed by atoms with Crippen molar-refractivity contribution in [3.8, 4) is 33.4 Å². The zero-order chi connectivity index (χ0) is 31.3. The molecule has 1 aromatic heterocycles. The highest BCUT2D eigenvalue weighted by molar-refractivity contribution is 6.29. The second-order valence-electron chi connectivity index (χ2n) is 10.5. The number of furan rings is 1. The molecule has 0 aliphatic rings. The van der Waals surface area contributed by atoms with Crippen LogP contribution >= 0.6 is 0 Å². The fraction of sp³-hybridized carbons (Fsp3) is 0. The van der Waals surface area contributed by atoms with E-state index in [-0.39, 0.29) is 29.7 Å². The molecule has 1 heterocycles. The first-order chi connectivity index (χ1) is 22.4. The maximum absolute atomic E-state index is 8.68. The molecule has 0 radical (unpaired) electrons. The quantitative estimate of drug-likeness (QED) is 0.209. The third-order valence-electron chi connectivity index (χ3n) is 8.33. The molecule has 1 heteroatoms. The third-order valence-corrected chi connectivity index (χ3v) is 8.33. The monoisotopic (exact) mass is 525 g/mol. The standard InChI is InChI=1S/C40H24O/c1-3-9-25(10-4-1)29-21-17-27-20-24-34-31(22-18-28-19-23-33(29)37(27)38(28)34)32-14-8-16-36-40(32)39-30(13-7-15-35(39)41-36)26-11-5-2-6-12-26/h1-24H/i1D,3D,4D,9D,10D. The molecule has 0 N–H and O–H groups in total. The van der Waals surface area contributed by atoms with Crippen LogP contribution in [0.5, 0.6) is 0 Å². The highest BCUT2D eigenvalue weighted by Crippen LogP contribution is 2.46. The van der Waals surface area contributed by atoms with Crippen LogP contribution in [0.4, 0.5) is 0 Å². The van der Waals surface area contributed by atoms with Gasteiger partial charge >= 0.3 is 0 Å². The summed E-state index contributed by atoms with van der Waals surface area (Å²) in [5.41, 5.74) is 6.89. The smallest absolute Gasteiger partial charge is 0.136 e. The lowest BCUT2D eigenvalue weighted by Gasteiger charge is -2.17. The average Bonchev–Trinajstić information content (AvgIpc) is 3.49. The van der Waals surface area contributed by atoms with Crippen molar-refractivity contribution < 1.29 is 11.3 Å². The molecule has 41 heavy (non-hydrogen) atoms. The van der Waals surface area contributed by atoms with E-state index in [1.54, 1.807) is 0 Å². The van der Waals surface area contributed by atoms with Crippen LogP contribution in [0.3, 0.4) is 0 Å². The molecule has 190 valence electrons. The summed E-state index contributed by atoms with van der Waals surface area (Å²) < 4.78 is 48.5. The molecule has 0 fully saturated rings. The van der Waals surface area contributed by atoms with Gasteiger partial charge in [0, 0.05) is 10.8 Å². The SMILES string of the molecule is [2H]c1c([2H])c([2H])c(-c2ccc3ccc4c(-c5cccc6oc7cccc(-c8ccccc8)c7c56)ccc5ccc2c3c54)c([2H])c1[2H]. The molecule has 0 saturated heterocycles. The van der Waals surface area contributed by atoms with Crippen LogP contribution in [0.1, 0.15) is 6.85 Å². The molecule has 0 aliphatic heterocycles. The van der Waals surface area contributed by atoms with E-state index in [0.29, 0.717) is 5.56 Å². The average molecular weight is 526 g/mol. The fourth-order valence-electron chi connectivity index (χ4n) is 6.59. The van der Waals surface area contributed by atoms with E-state index in [9.17, 15) is 0 Å². The lowest BCUT2D eigenvalue weighted by Crippen LogP contribution is -1.90. The molecule has 0 aliphatic carbocycles. The maximum atomic E-state index is 8.68. The van der Waals surface area contributed by atoms with Gasteiger partial charge in [-0.3, -0.25) is 0 Å². The summed E-state index contributed by atoms with van der Waals surface area (Å²) in [7, 11) is 0. The Balaban J connectivity index is 1.37. The van der Waals surface area contributed by atoms with E-state index in [1.807, 2.05) is 48.5 Å².